The predicted molar refractivity (Wildman–Crippen MR) is 303 cm³/mol. The Morgan fingerprint density at radius 2 is 0.495 bits per heavy atom. The van der Waals surface area contributed by atoms with Crippen LogP contribution in [0.5, 0.6) is 11.5 Å². The van der Waals surface area contributed by atoms with E-state index < -0.39 is 299 Å². The van der Waals surface area contributed by atoms with Gasteiger partial charge in [-0.05, 0) is 24.3 Å². The zero-order valence-corrected chi connectivity index (χ0v) is 52.3. The summed E-state index contributed by atoms with van der Waals surface area (Å²) in [6.07, 6.45) is -79.0. The quantitative estimate of drug-likeness (QED) is 0.0684. The Morgan fingerprint density at radius 3 is 0.768 bits per heavy atom. The topological polar surface area (TPSA) is 652 Å². The summed E-state index contributed by atoms with van der Waals surface area (Å²) in [5.74, 6) is 0.437. The molecule has 22 fully saturated rings. The minimum atomic E-state index is -2.26. The van der Waals surface area contributed by atoms with Crippen molar-refractivity contribution in [2.75, 3.05) is 66.1 Å². The molecule has 0 spiro atoms. The van der Waals surface area contributed by atoms with Crippen LogP contribution in [0.25, 0.3) is 0 Å². The molecule has 22 aliphatic heterocycles. The highest BCUT2D eigenvalue weighted by Gasteiger charge is 2.60. The Labute approximate surface area is 560 Å². The molecule has 22 heterocycles. The summed E-state index contributed by atoms with van der Waals surface area (Å²) >= 11 is 0. The first-order chi connectivity index (χ1) is 47.3. The summed E-state index contributed by atoms with van der Waals surface area (Å²) in [5, 5.41) is 265. The average Bonchev–Trinajstić information content (AvgIpc) is 0.787. The molecular weight excluding hydrogens is 1360 g/mol. The van der Waals surface area contributed by atoms with Crippen LogP contribution < -0.4 is 9.47 Å². The van der Waals surface area contributed by atoms with Crippen LogP contribution >= 0.6 is 0 Å². The lowest BCUT2D eigenvalue weighted by atomic mass is 9.95. The smallest absolute Gasteiger partial charge is 0.229 e. The second-order valence-electron chi connectivity index (χ2n) is 25.0. The number of rotatable bonds is 16. The highest BCUT2D eigenvalue weighted by atomic mass is 16.8. The molecule has 14 bridgehead atoms. The van der Waals surface area contributed by atoms with E-state index in [0.717, 1.165) is 0 Å². The summed E-state index contributed by atoms with van der Waals surface area (Å²) < 4.78 is 104. The van der Waals surface area contributed by atoms with Crippen LogP contribution in [0.1, 0.15) is 6.42 Å². The molecule has 0 amide bonds. The molecule has 0 radical (unpaired) electrons. The largest absolute Gasteiger partial charge is 0.494 e. The van der Waals surface area contributed by atoms with E-state index in [1.807, 2.05) is 0 Å². The lowest BCUT2D eigenvalue weighted by Crippen LogP contribution is -2.68. The van der Waals surface area contributed by atoms with Crippen molar-refractivity contribution in [2.45, 2.75) is 252 Å². The second kappa shape index (κ2) is 34.6. The first-order valence-corrected chi connectivity index (χ1v) is 31.9. The van der Waals surface area contributed by atoms with Crippen molar-refractivity contribution in [3.8, 4) is 11.5 Å². The maximum Gasteiger partial charge on any atom is 0.229 e. The summed E-state index contributed by atoms with van der Waals surface area (Å²) in [7, 11) is 0. The molecule has 42 heteroatoms. The number of hydrogen-bond donors (Lipinski definition) is 24. The van der Waals surface area contributed by atoms with E-state index >= 15 is 0 Å². The summed E-state index contributed by atoms with van der Waals surface area (Å²) in [6.45, 7) is -7.94. The molecule has 99 heavy (non-hydrogen) atoms. The number of ether oxygens (including phenoxy) is 18. The fourth-order valence-corrected chi connectivity index (χ4v) is 12.9. The fourth-order valence-electron chi connectivity index (χ4n) is 12.9. The Balaban J connectivity index is 0.882. The van der Waals surface area contributed by atoms with Gasteiger partial charge in [-0.1, -0.05) is 0 Å². The van der Waals surface area contributed by atoms with Gasteiger partial charge in [0.15, 0.2) is 44.0 Å². The third-order valence-corrected chi connectivity index (χ3v) is 18.5. The van der Waals surface area contributed by atoms with Gasteiger partial charge in [-0.3, -0.25) is 0 Å². The van der Waals surface area contributed by atoms with Gasteiger partial charge in [0.2, 0.25) is 6.29 Å². The second-order valence-corrected chi connectivity index (χ2v) is 25.0. The highest BCUT2D eigenvalue weighted by Crippen LogP contribution is 2.40. The number of benzene rings is 1. The van der Waals surface area contributed by atoms with Gasteiger partial charge in [0.1, 0.15) is 207 Å². The van der Waals surface area contributed by atoms with E-state index in [1.165, 1.54) is 24.3 Å². The van der Waals surface area contributed by atoms with Crippen molar-refractivity contribution in [1.82, 2.24) is 0 Å². The maximum atomic E-state index is 11.9. The van der Waals surface area contributed by atoms with Crippen molar-refractivity contribution < 1.29 is 208 Å². The van der Waals surface area contributed by atoms with Crippen LogP contribution in [0.2, 0.25) is 0 Å². The van der Waals surface area contributed by atoms with Crippen LogP contribution in [0.3, 0.4) is 0 Å². The highest BCUT2D eigenvalue weighted by molar-refractivity contribution is 5.31. The first-order valence-electron chi connectivity index (χ1n) is 31.9. The van der Waals surface area contributed by atoms with E-state index in [9.17, 15) is 123 Å². The fraction of sp³-hybridized carbons (Fsp3) is 0.895. The zero-order valence-electron chi connectivity index (χ0n) is 52.3. The molecular formula is C57H90O42. The van der Waals surface area contributed by atoms with Crippen molar-refractivity contribution in [2.24, 2.45) is 0 Å². The summed E-state index contributed by atoms with van der Waals surface area (Å²) in [4.78, 5) is 0. The molecule has 22 saturated heterocycles. The van der Waals surface area contributed by atoms with Crippen LogP contribution in [0, 0.1) is 0 Å². The van der Waals surface area contributed by atoms with Gasteiger partial charge in [-0.15, -0.1) is 0 Å². The molecule has 22 aliphatic rings. The predicted octanol–water partition coefficient (Wildman–Crippen LogP) is -15.6. The molecule has 35 unspecified atom stereocenters. The molecule has 570 valence electrons. The van der Waals surface area contributed by atoms with Crippen molar-refractivity contribution in [3.63, 3.8) is 0 Å². The molecule has 40 atom stereocenters. The van der Waals surface area contributed by atoms with Gasteiger partial charge in [-0.2, -0.15) is 0 Å². The van der Waals surface area contributed by atoms with E-state index in [-0.39, 0.29) is 25.4 Å². The van der Waals surface area contributed by atoms with Crippen LogP contribution in [-0.2, 0) is 75.8 Å². The normalized spacial score (nSPS) is 50.3. The summed E-state index contributed by atoms with van der Waals surface area (Å²) in [6, 6.07) is 5.81. The Morgan fingerprint density at radius 1 is 0.242 bits per heavy atom. The molecule has 1 aromatic carbocycles. The molecule has 42 nitrogen and oxygen atoms in total. The molecule has 1 aromatic rings. The number of hydrogen-bond acceptors (Lipinski definition) is 42. The van der Waals surface area contributed by atoms with Crippen LogP contribution in [-0.4, -0.2) is 434 Å². The number of aliphatic hydroxyl groups is 24. The summed E-state index contributed by atoms with van der Waals surface area (Å²) in [5.41, 5.74) is 0. The third kappa shape index (κ3) is 16.8. The lowest BCUT2D eigenvalue weighted by molar-refractivity contribution is -0.397. The molecule has 23 rings (SSSR count). The van der Waals surface area contributed by atoms with Crippen molar-refractivity contribution in [1.29, 1.82) is 0 Å². The van der Waals surface area contributed by atoms with Gasteiger partial charge < -0.3 is 208 Å². The maximum absolute atomic E-state index is 11.9. The van der Waals surface area contributed by atoms with Gasteiger partial charge in [0.05, 0.1) is 59.5 Å². The third-order valence-electron chi connectivity index (χ3n) is 18.5. The molecule has 0 saturated carbocycles. The van der Waals surface area contributed by atoms with E-state index in [4.69, 9.17) is 85.3 Å². The number of aliphatic hydroxyl groups excluding tert-OH is 24. The van der Waals surface area contributed by atoms with E-state index in [2.05, 4.69) is 0 Å². The molecule has 0 aliphatic carbocycles. The SMILES string of the molecule is OCC1OC2OC3C(CO)OC(OC4C(CO)OC(OC5C(COCCCOc6ccc(O[C@@H]7O[C@@H](CO)[C@@H](O)[C@H](O)[C@@H]7O)cc6)OC(OC6C(CO)OC(OC7C(CO)OC(OC8C(CO)OC(OC1C(O)C2O)C(O)C8O)C(O)C7O)C(O)C6O)C(O)C5O)C(O)C4O)C(O)C3O. The molecule has 0 aromatic heterocycles. The van der Waals surface area contributed by atoms with Crippen molar-refractivity contribution in [3.05, 3.63) is 24.3 Å². The van der Waals surface area contributed by atoms with Crippen molar-refractivity contribution >= 4 is 0 Å². The Hall–Kier alpha value is -2.78. The van der Waals surface area contributed by atoms with Gasteiger partial charge >= 0.3 is 0 Å². The lowest BCUT2D eigenvalue weighted by Gasteiger charge is -2.50. The standard InChI is InChI=1S/C57H90O42/c58-8-18-26(65)27(66)35(74)50(85-18)84-17-4-2-16(3-5-17)83-7-1-6-82-15-25-49-34(73)42(81)57(92-25)98-48-24(14-64)90-55(40(79)32(48)71)96-46-22(12-62)88-53(38(77)30(46)69)94-44-20(10-60)86-51(36(75)28(44)67)93-43-19(9-59)87-52(37(76)29(43)68)95-45-21(11-61)89-54(39(78)31(45)70)97-47-23(13-63)91-56(99-49)41(80)33(47)72/h2-5,18-81H,1,6-15H2/t18-,19?,20?,21?,22?,23?,24?,25?,26+,27-,28?,29?,30?,31?,32?,33?,34?,35-,36?,37?,38?,39?,40?,41?,42?,43?,44?,45?,46?,47?,48?,49?,50+,51?,52?,53?,54?,55?,56?,57?/m0/s1. The molecule has 24 N–H and O–H groups in total. The monoisotopic (exact) mass is 1450 g/mol. The van der Waals surface area contributed by atoms with Gasteiger partial charge in [-0.25, -0.2) is 0 Å². The minimum absolute atomic E-state index is 0.0295. The van der Waals surface area contributed by atoms with Gasteiger partial charge in [0, 0.05) is 13.0 Å². The minimum Gasteiger partial charge on any atom is -0.494 e. The first kappa shape index (κ1) is 78.8. The van der Waals surface area contributed by atoms with Gasteiger partial charge in [0.25, 0.3) is 0 Å². The Bertz CT molecular complexity index is 2580. The van der Waals surface area contributed by atoms with Crippen LogP contribution in [0.15, 0.2) is 24.3 Å². The van der Waals surface area contributed by atoms with Crippen LogP contribution in [0.4, 0.5) is 0 Å². The Kier molecular flexibility index (Phi) is 27.6. The van der Waals surface area contributed by atoms with E-state index in [0.29, 0.717) is 5.75 Å². The average molecular weight is 1450 g/mol. The zero-order chi connectivity index (χ0) is 71.6. The van der Waals surface area contributed by atoms with E-state index in [1.54, 1.807) is 0 Å².